The molecule has 3 rings (SSSR count). The number of hydrogen-bond donors (Lipinski definition) is 10. The van der Waals surface area contributed by atoms with Crippen LogP contribution in [0.3, 0.4) is 0 Å². The summed E-state index contributed by atoms with van der Waals surface area (Å²) in [5.41, 5.74) is 16.9. The highest BCUT2D eigenvalue weighted by Crippen LogP contribution is 2.39. The smallest absolute Gasteiger partial charge is 0.246 e. The topological polar surface area (TPSA) is 353 Å². The molecule has 11 amide bonds. The molecule has 0 spiro atoms. The molecule has 2 heterocycles. The van der Waals surface area contributed by atoms with Crippen LogP contribution in [0.15, 0.2) is 30.3 Å². The van der Waals surface area contributed by atoms with Gasteiger partial charge < -0.3 is 59.3 Å². The van der Waals surface area contributed by atoms with Gasteiger partial charge in [0, 0.05) is 36.3 Å². The van der Waals surface area contributed by atoms with Crippen molar-refractivity contribution in [2.24, 2.45) is 29.0 Å². The summed E-state index contributed by atoms with van der Waals surface area (Å²) in [6.45, 7) is 10.3. The zero-order valence-corrected chi connectivity index (χ0v) is 41.7. The lowest BCUT2D eigenvalue weighted by molar-refractivity contribution is -0.142. The van der Waals surface area contributed by atoms with Gasteiger partial charge in [-0.15, -0.1) is 0 Å². The Morgan fingerprint density at radius 1 is 0.812 bits per heavy atom. The lowest BCUT2D eigenvalue weighted by Gasteiger charge is -2.32. The predicted molar refractivity (Wildman–Crippen MR) is 259 cm³/mol. The molecule has 22 nitrogen and oxygen atoms in total. The molecule has 382 valence electrons. The van der Waals surface area contributed by atoms with Crippen LogP contribution < -0.4 is 54.4 Å². The van der Waals surface area contributed by atoms with Crippen LogP contribution in [0.25, 0.3) is 0 Å². The fourth-order valence-corrected chi connectivity index (χ4v) is 10.3. The molecular weight excluding hydrogens is 935 g/mol. The Kier molecular flexibility index (Phi) is 22.7. The van der Waals surface area contributed by atoms with E-state index in [0.29, 0.717) is 18.4 Å². The van der Waals surface area contributed by atoms with Gasteiger partial charge in [-0.3, -0.25) is 52.7 Å². The molecule has 1 aromatic rings. The van der Waals surface area contributed by atoms with Gasteiger partial charge >= 0.3 is 0 Å². The molecule has 0 radical (unpaired) electrons. The Balaban J connectivity index is 2.08. The summed E-state index contributed by atoms with van der Waals surface area (Å²) >= 11 is 0. The summed E-state index contributed by atoms with van der Waals surface area (Å²) in [6.07, 6.45) is -0.465. The molecule has 8 atom stereocenters. The molecule has 2 saturated heterocycles. The maximum atomic E-state index is 14.6. The number of nitrogens with one attached hydrogen (secondary N) is 7. The third kappa shape index (κ3) is 19.2. The second kappa shape index (κ2) is 27.3. The van der Waals surface area contributed by atoms with Gasteiger partial charge in [-0.1, -0.05) is 86.0 Å². The lowest BCUT2D eigenvalue weighted by atomic mass is 9.96. The second-order valence-electron chi connectivity index (χ2n) is 18.4. The van der Waals surface area contributed by atoms with Crippen molar-refractivity contribution < 1.29 is 52.7 Å². The molecule has 2 aliphatic rings. The van der Waals surface area contributed by atoms with Gasteiger partial charge in [0.15, 0.2) is 0 Å². The number of carbonyl (C=O) groups excluding carboxylic acids is 11. The van der Waals surface area contributed by atoms with Gasteiger partial charge in [-0.05, 0) is 56.9 Å². The van der Waals surface area contributed by atoms with Crippen LogP contribution >= 0.6 is 21.6 Å². The first kappa shape index (κ1) is 57.4. The van der Waals surface area contributed by atoms with Crippen molar-refractivity contribution in [2.45, 2.75) is 146 Å². The van der Waals surface area contributed by atoms with Crippen molar-refractivity contribution in [3.63, 3.8) is 0 Å². The number of likely N-dealkylation sites (tertiary alicyclic amines) is 1. The van der Waals surface area contributed by atoms with Crippen LogP contribution in [0.4, 0.5) is 0 Å². The number of nitrogens with zero attached hydrogens (tertiary/aromatic N) is 1. The summed E-state index contributed by atoms with van der Waals surface area (Å²) in [5, 5.41) is 18.3. The van der Waals surface area contributed by atoms with Gasteiger partial charge in [0.1, 0.15) is 42.3 Å². The Morgan fingerprint density at radius 3 is 2.06 bits per heavy atom. The fraction of sp³-hybridized carbons (Fsp3) is 0.622. The van der Waals surface area contributed by atoms with Crippen LogP contribution in [0.2, 0.25) is 0 Å². The summed E-state index contributed by atoms with van der Waals surface area (Å²) in [5.74, 6) is -9.49. The van der Waals surface area contributed by atoms with E-state index in [2.05, 4.69) is 37.2 Å². The minimum atomic E-state index is -1.72. The Bertz CT molecular complexity index is 2040. The minimum absolute atomic E-state index is 0.0559. The van der Waals surface area contributed by atoms with Crippen molar-refractivity contribution in [1.82, 2.24) is 42.1 Å². The van der Waals surface area contributed by atoms with Gasteiger partial charge in [-0.25, -0.2) is 0 Å². The first-order chi connectivity index (χ1) is 32.4. The van der Waals surface area contributed by atoms with Gasteiger partial charge in [0.05, 0.1) is 13.0 Å². The molecule has 69 heavy (non-hydrogen) atoms. The maximum Gasteiger partial charge on any atom is 0.246 e. The number of rotatable bonds is 17. The third-order valence-electron chi connectivity index (χ3n) is 11.4. The molecule has 1 unspecified atom stereocenters. The number of hydrogen-bond acceptors (Lipinski definition) is 13. The number of carbonyl (C=O) groups is 11. The maximum absolute atomic E-state index is 14.6. The Morgan fingerprint density at radius 2 is 1.45 bits per heavy atom. The second-order valence-corrected chi connectivity index (χ2v) is 21.5. The monoisotopic (exact) mass is 1000 g/mol. The van der Waals surface area contributed by atoms with E-state index < -0.39 is 137 Å². The van der Waals surface area contributed by atoms with Crippen molar-refractivity contribution in [2.75, 3.05) is 18.8 Å². The first-order valence-electron chi connectivity index (χ1n) is 23.0. The molecule has 0 bridgehead atoms. The number of benzene rings is 1. The van der Waals surface area contributed by atoms with Crippen molar-refractivity contribution in [3.8, 4) is 0 Å². The van der Waals surface area contributed by atoms with Crippen LogP contribution in [-0.2, 0) is 59.2 Å². The highest BCUT2D eigenvalue weighted by molar-refractivity contribution is 8.77. The first-order valence-corrected chi connectivity index (χ1v) is 25.3. The van der Waals surface area contributed by atoms with Gasteiger partial charge in [0.25, 0.3) is 0 Å². The standard InChI is InChI=1S/C45H69N11O11S2/c1-7-25(4)37-43(66)51-27(15-16-33(46)57)39(62)52-30(20-34(47)58)40(63)54-31(23-68-69-45(5,6)21-36(60)50-29(41(64)55-37)19-26-12-9-8-10-13-26)44(67)56-17-11-14-32(56)42(65)53-28(18-24(2)3)38(61)49-22-35(48)59/h8-10,12-13,24-25,27-32,37H,7,11,14-23H2,1-6H3,(H2,46,57)(H2,47,58)(H2,48,59)(H,49,61)(H,50,60)(H,51,66)(H,52,62)(H,53,65)(H,54,63)(H,55,64)/t25-,27?,28-,29-,30-,31-,32-,37-/m0/s1. The molecule has 0 saturated carbocycles. The van der Waals surface area contributed by atoms with Crippen molar-refractivity contribution in [1.29, 1.82) is 0 Å². The summed E-state index contributed by atoms with van der Waals surface area (Å²) in [6, 6.07) is -0.372. The zero-order chi connectivity index (χ0) is 51.6. The van der Waals surface area contributed by atoms with Crippen molar-refractivity contribution in [3.05, 3.63) is 35.9 Å². The molecule has 2 aliphatic heterocycles. The molecular formula is C45H69N11O11S2. The number of amides is 11. The van der Waals surface area contributed by atoms with E-state index in [1.807, 2.05) is 13.8 Å². The fourth-order valence-electron chi connectivity index (χ4n) is 7.66. The molecule has 2 fully saturated rings. The highest BCUT2D eigenvalue weighted by Gasteiger charge is 2.41. The average Bonchev–Trinajstić information content (AvgIpc) is 3.77. The molecule has 0 aliphatic carbocycles. The third-order valence-corrected chi connectivity index (χ3v) is 14.7. The van der Waals surface area contributed by atoms with Crippen LogP contribution in [0, 0.1) is 11.8 Å². The predicted octanol–water partition coefficient (Wildman–Crippen LogP) is -1.47. The van der Waals surface area contributed by atoms with Gasteiger partial charge in [0.2, 0.25) is 65.0 Å². The average molecular weight is 1000 g/mol. The Labute approximate surface area is 410 Å². The van der Waals surface area contributed by atoms with Crippen LogP contribution in [0.1, 0.15) is 98.5 Å². The SMILES string of the molecule is CC[C@H](C)[C@@H]1NC(=O)[C@H](Cc2ccccc2)NC(=O)CC(C)(C)SSC[C@@H](C(=O)N2CCC[C@H]2C(=O)N[C@@H](CC(C)C)C(=O)NCC(N)=O)NC(=O)[C@H](CC(N)=O)NC(=O)C(CCC(N)=O)NC1=O. The van der Waals surface area contributed by atoms with E-state index in [4.69, 9.17) is 17.2 Å². The molecule has 1 aromatic carbocycles. The van der Waals surface area contributed by atoms with E-state index in [9.17, 15) is 52.7 Å². The van der Waals surface area contributed by atoms with E-state index >= 15 is 0 Å². The van der Waals surface area contributed by atoms with E-state index in [1.165, 1.54) is 15.7 Å². The highest BCUT2D eigenvalue weighted by atomic mass is 33.1. The van der Waals surface area contributed by atoms with Gasteiger partial charge in [-0.2, -0.15) is 0 Å². The quantitative estimate of drug-likeness (QED) is 0.0798. The zero-order valence-electron chi connectivity index (χ0n) is 40.1. The summed E-state index contributed by atoms with van der Waals surface area (Å²) < 4.78 is -0.862. The van der Waals surface area contributed by atoms with E-state index in [1.54, 1.807) is 58.0 Å². The van der Waals surface area contributed by atoms with Crippen LogP contribution in [-0.4, -0.2) is 136 Å². The molecule has 0 aromatic heterocycles. The molecule has 24 heteroatoms. The van der Waals surface area contributed by atoms with E-state index in [-0.39, 0.29) is 50.3 Å². The Hall–Kier alpha value is -5.91. The summed E-state index contributed by atoms with van der Waals surface area (Å²) in [7, 11) is 2.32. The number of primary amides is 3. The number of nitrogens with two attached hydrogens (primary N) is 3. The van der Waals surface area contributed by atoms with Crippen molar-refractivity contribution >= 4 is 86.6 Å². The summed E-state index contributed by atoms with van der Waals surface area (Å²) in [4.78, 5) is 149. The van der Waals surface area contributed by atoms with E-state index in [0.717, 1.165) is 10.8 Å². The molecule has 13 N–H and O–H groups in total. The lowest BCUT2D eigenvalue weighted by Crippen LogP contribution is -2.61. The normalized spacial score (nSPS) is 24.0. The minimum Gasteiger partial charge on any atom is -0.370 e. The largest absolute Gasteiger partial charge is 0.370 e. The van der Waals surface area contributed by atoms with Crippen LogP contribution in [0.5, 0.6) is 0 Å².